The van der Waals surface area contributed by atoms with Crippen LogP contribution < -0.4 is 16.4 Å². The Labute approximate surface area is 131 Å². The lowest BCUT2D eigenvalue weighted by Crippen LogP contribution is -2.55. The third kappa shape index (κ3) is 4.19. The highest BCUT2D eigenvalue weighted by Crippen LogP contribution is 2.17. The number of halogens is 1. The second-order valence-electron chi connectivity index (χ2n) is 5.45. The first-order valence-corrected chi connectivity index (χ1v) is 6.93. The molecule has 1 aliphatic heterocycles. The van der Waals surface area contributed by atoms with E-state index in [1.807, 2.05) is 0 Å². The van der Waals surface area contributed by atoms with Crippen LogP contribution in [-0.4, -0.2) is 30.4 Å². The molecule has 1 aromatic rings. The van der Waals surface area contributed by atoms with Gasteiger partial charge < -0.3 is 16.4 Å². The molecule has 4 N–H and O–H groups in total. The van der Waals surface area contributed by atoms with Crippen LogP contribution in [0.2, 0.25) is 0 Å². The molecule has 6 heteroatoms. The van der Waals surface area contributed by atoms with Crippen molar-refractivity contribution in [2.24, 2.45) is 11.7 Å². The lowest BCUT2D eigenvalue weighted by atomic mass is 9.89. The summed E-state index contributed by atoms with van der Waals surface area (Å²) in [6.07, 6.45) is 1.04. The smallest absolute Gasteiger partial charge is 0.251 e. The molecule has 0 aromatic heterocycles. The van der Waals surface area contributed by atoms with E-state index in [0.29, 0.717) is 17.0 Å². The molecule has 0 aliphatic carbocycles. The summed E-state index contributed by atoms with van der Waals surface area (Å²) in [7, 11) is 0. The van der Waals surface area contributed by atoms with Crippen LogP contribution in [0.25, 0.3) is 0 Å². The maximum Gasteiger partial charge on any atom is 0.251 e. The van der Waals surface area contributed by atoms with Crippen LogP contribution in [0.15, 0.2) is 24.3 Å². The maximum atomic E-state index is 12.3. The number of carbonyl (C=O) groups excluding carboxylic acids is 2. The van der Waals surface area contributed by atoms with Crippen molar-refractivity contribution < 1.29 is 9.59 Å². The van der Waals surface area contributed by atoms with Gasteiger partial charge in [0.05, 0.1) is 0 Å². The molecular weight excluding hydrogens is 290 g/mol. The van der Waals surface area contributed by atoms with E-state index in [1.54, 1.807) is 18.2 Å². The molecule has 1 aromatic carbocycles. The van der Waals surface area contributed by atoms with Crippen LogP contribution in [0.5, 0.6) is 0 Å². The van der Waals surface area contributed by atoms with Crippen molar-refractivity contribution in [1.82, 2.24) is 10.6 Å². The van der Waals surface area contributed by atoms with Gasteiger partial charge in [-0.15, -0.1) is 12.4 Å². The number of rotatable bonds is 3. The zero-order chi connectivity index (χ0) is 14.7. The quantitative estimate of drug-likeness (QED) is 0.787. The standard InChI is InChI=1S/C15H21N3O2.ClH/c1-9-6-7-17-10(2)13(9)18-15(20)12-5-3-4-11(8-12)14(16)19;/h3-5,8-10,13,17H,6-7H2,1-2H3,(H2,16,19)(H,18,20);1H. The maximum absolute atomic E-state index is 12.3. The Bertz CT molecular complexity index is 511. The Morgan fingerprint density at radius 3 is 2.57 bits per heavy atom. The van der Waals surface area contributed by atoms with E-state index >= 15 is 0 Å². The third-order valence-corrected chi connectivity index (χ3v) is 3.92. The topological polar surface area (TPSA) is 84.2 Å². The Balaban J connectivity index is 0.00000220. The highest BCUT2D eigenvalue weighted by Gasteiger charge is 2.28. The molecule has 5 nitrogen and oxygen atoms in total. The van der Waals surface area contributed by atoms with Gasteiger partial charge in [0.1, 0.15) is 0 Å². The zero-order valence-electron chi connectivity index (χ0n) is 12.3. The number of benzene rings is 1. The van der Waals surface area contributed by atoms with Crippen molar-refractivity contribution in [3.8, 4) is 0 Å². The molecule has 0 saturated carbocycles. The highest BCUT2D eigenvalue weighted by atomic mass is 35.5. The average molecular weight is 312 g/mol. The zero-order valence-corrected chi connectivity index (χ0v) is 13.1. The molecule has 0 spiro atoms. The molecule has 116 valence electrons. The van der Waals surface area contributed by atoms with Crippen LogP contribution in [0.4, 0.5) is 0 Å². The number of hydrogen-bond donors (Lipinski definition) is 3. The minimum atomic E-state index is -0.527. The van der Waals surface area contributed by atoms with E-state index in [2.05, 4.69) is 24.5 Å². The van der Waals surface area contributed by atoms with Crippen LogP contribution in [-0.2, 0) is 0 Å². The number of hydrogen-bond acceptors (Lipinski definition) is 3. The summed E-state index contributed by atoms with van der Waals surface area (Å²) >= 11 is 0. The molecule has 3 unspecified atom stereocenters. The second-order valence-corrected chi connectivity index (χ2v) is 5.45. The van der Waals surface area contributed by atoms with Crippen molar-refractivity contribution in [2.45, 2.75) is 32.4 Å². The van der Waals surface area contributed by atoms with Gasteiger partial charge in [-0.1, -0.05) is 13.0 Å². The number of nitrogens with one attached hydrogen (secondary N) is 2. The Hall–Kier alpha value is -1.59. The van der Waals surface area contributed by atoms with Crippen molar-refractivity contribution in [3.63, 3.8) is 0 Å². The van der Waals surface area contributed by atoms with Gasteiger partial charge in [0.25, 0.3) is 5.91 Å². The fourth-order valence-electron chi connectivity index (χ4n) is 2.65. The molecule has 0 radical (unpaired) electrons. The second kappa shape index (κ2) is 7.43. The summed E-state index contributed by atoms with van der Waals surface area (Å²) in [5.41, 5.74) is 6.04. The van der Waals surface area contributed by atoms with Crippen molar-refractivity contribution in [2.75, 3.05) is 6.54 Å². The summed E-state index contributed by atoms with van der Waals surface area (Å²) < 4.78 is 0. The van der Waals surface area contributed by atoms with Crippen molar-refractivity contribution in [3.05, 3.63) is 35.4 Å². The summed E-state index contributed by atoms with van der Waals surface area (Å²) in [4.78, 5) is 23.4. The Morgan fingerprint density at radius 1 is 1.29 bits per heavy atom. The largest absolute Gasteiger partial charge is 0.366 e. The first kappa shape index (κ1) is 17.5. The van der Waals surface area contributed by atoms with Gasteiger partial charge in [-0.25, -0.2) is 0 Å². The molecular formula is C15H22ClN3O2. The van der Waals surface area contributed by atoms with Crippen LogP contribution >= 0.6 is 12.4 Å². The third-order valence-electron chi connectivity index (χ3n) is 3.92. The normalized spacial score (nSPS) is 24.8. The predicted molar refractivity (Wildman–Crippen MR) is 84.7 cm³/mol. The number of primary amides is 1. The molecule has 1 fully saturated rings. The van der Waals surface area contributed by atoms with Gasteiger partial charge in [0, 0.05) is 23.2 Å². The van der Waals surface area contributed by atoms with Gasteiger partial charge >= 0.3 is 0 Å². The summed E-state index contributed by atoms with van der Waals surface area (Å²) in [6.45, 7) is 5.19. The average Bonchev–Trinajstić information content (AvgIpc) is 2.43. The monoisotopic (exact) mass is 311 g/mol. The minimum absolute atomic E-state index is 0. The Kier molecular flexibility index (Phi) is 6.18. The summed E-state index contributed by atoms with van der Waals surface area (Å²) in [5, 5.41) is 6.41. The number of amides is 2. The van der Waals surface area contributed by atoms with Gasteiger partial charge in [-0.2, -0.15) is 0 Å². The predicted octanol–water partition coefficient (Wildman–Crippen LogP) is 1.32. The van der Waals surface area contributed by atoms with Gasteiger partial charge in [-0.05, 0) is 44.0 Å². The molecule has 21 heavy (non-hydrogen) atoms. The van der Waals surface area contributed by atoms with E-state index in [1.165, 1.54) is 6.07 Å². The van der Waals surface area contributed by atoms with E-state index in [-0.39, 0.29) is 30.4 Å². The van der Waals surface area contributed by atoms with Crippen LogP contribution in [0, 0.1) is 5.92 Å². The lowest BCUT2D eigenvalue weighted by Gasteiger charge is -2.36. The van der Waals surface area contributed by atoms with Crippen molar-refractivity contribution in [1.29, 1.82) is 0 Å². The number of carbonyl (C=O) groups is 2. The minimum Gasteiger partial charge on any atom is -0.366 e. The van der Waals surface area contributed by atoms with E-state index in [9.17, 15) is 9.59 Å². The molecule has 1 saturated heterocycles. The molecule has 0 bridgehead atoms. The lowest BCUT2D eigenvalue weighted by molar-refractivity contribution is 0.0897. The van der Waals surface area contributed by atoms with E-state index < -0.39 is 5.91 Å². The summed E-state index contributed by atoms with van der Waals surface area (Å²) in [5.74, 6) is -0.268. The first-order chi connectivity index (χ1) is 9.49. The number of piperidine rings is 1. The molecule has 2 rings (SSSR count). The van der Waals surface area contributed by atoms with Gasteiger partial charge in [0.15, 0.2) is 0 Å². The summed E-state index contributed by atoms with van der Waals surface area (Å²) in [6, 6.07) is 6.82. The first-order valence-electron chi connectivity index (χ1n) is 6.93. The van der Waals surface area contributed by atoms with Crippen LogP contribution in [0.3, 0.4) is 0 Å². The van der Waals surface area contributed by atoms with Gasteiger partial charge in [-0.3, -0.25) is 9.59 Å². The van der Waals surface area contributed by atoms with E-state index in [0.717, 1.165) is 13.0 Å². The van der Waals surface area contributed by atoms with Gasteiger partial charge in [0.2, 0.25) is 5.91 Å². The Morgan fingerprint density at radius 2 is 1.95 bits per heavy atom. The molecule has 3 atom stereocenters. The fraction of sp³-hybridized carbons (Fsp3) is 0.467. The molecule has 2 amide bonds. The SMILES string of the molecule is CC1CCNC(C)C1NC(=O)c1cccc(C(N)=O)c1.Cl. The van der Waals surface area contributed by atoms with Crippen molar-refractivity contribution >= 4 is 24.2 Å². The molecule has 1 aliphatic rings. The number of nitrogens with two attached hydrogens (primary N) is 1. The fourth-order valence-corrected chi connectivity index (χ4v) is 2.65. The van der Waals surface area contributed by atoms with Crippen LogP contribution in [0.1, 0.15) is 41.0 Å². The highest BCUT2D eigenvalue weighted by molar-refractivity contribution is 5.99. The molecule has 1 heterocycles. The van der Waals surface area contributed by atoms with E-state index in [4.69, 9.17) is 5.73 Å².